The number of halogens is 2. The lowest BCUT2D eigenvalue weighted by molar-refractivity contribution is 0.182. The van der Waals surface area contributed by atoms with E-state index in [1.54, 1.807) is 0 Å². The molecule has 0 bridgehead atoms. The lowest BCUT2D eigenvalue weighted by Crippen LogP contribution is -2.45. The van der Waals surface area contributed by atoms with E-state index < -0.39 is 0 Å². The first-order chi connectivity index (χ1) is 4.74. The van der Waals surface area contributed by atoms with Crippen LogP contribution in [0.2, 0.25) is 0 Å². The zero-order valence-electron chi connectivity index (χ0n) is 7.82. The van der Waals surface area contributed by atoms with E-state index in [4.69, 9.17) is 5.73 Å². The summed E-state index contributed by atoms with van der Waals surface area (Å²) in [5.41, 5.74) is 5.93. The van der Waals surface area contributed by atoms with Crippen LogP contribution in [0.3, 0.4) is 0 Å². The number of nitrogens with two attached hydrogens (primary N) is 1. The van der Waals surface area contributed by atoms with Crippen LogP contribution in [-0.2, 0) is 0 Å². The first-order valence-electron chi connectivity index (χ1n) is 4.18. The van der Waals surface area contributed by atoms with Crippen LogP contribution in [0.5, 0.6) is 0 Å². The lowest BCUT2D eigenvalue weighted by atomic mass is 9.91. The SMILES string of the molecule is CCC1CN(C)CCC1N.Cl.Cl. The van der Waals surface area contributed by atoms with E-state index in [-0.39, 0.29) is 24.8 Å². The predicted molar refractivity (Wildman–Crippen MR) is 58.4 cm³/mol. The molecule has 1 aliphatic rings. The monoisotopic (exact) mass is 214 g/mol. The number of hydrogen-bond donors (Lipinski definition) is 1. The van der Waals surface area contributed by atoms with Crippen molar-refractivity contribution in [3.8, 4) is 0 Å². The van der Waals surface area contributed by atoms with Gasteiger partial charge in [0.15, 0.2) is 0 Å². The maximum absolute atomic E-state index is 5.93. The van der Waals surface area contributed by atoms with Crippen molar-refractivity contribution in [2.24, 2.45) is 11.7 Å². The molecule has 2 nitrogen and oxygen atoms in total. The van der Waals surface area contributed by atoms with Crippen molar-refractivity contribution in [3.63, 3.8) is 0 Å². The molecule has 0 aromatic rings. The van der Waals surface area contributed by atoms with Crippen molar-refractivity contribution in [1.82, 2.24) is 4.90 Å². The van der Waals surface area contributed by atoms with Crippen molar-refractivity contribution in [2.75, 3.05) is 20.1 Å². The molecule has 2 unspecified atom stereocenters. The quantitative estimate of drug-likeness (QED) is 0.718. The molecule has 4 heteroatoms. The van der Waals surface area contributed by atoms with Gasteiger partial charge in [0.2, 0.25) is 0 Å². The molecule has 76 valence electrons. The molecule has 0 aliphatic carbocycles. The standard InChI is InChI=1S/C8H18N2.2ClH/c1-3-7-6-10(2)5-4-8(7)9;;/h7-8H,3-6,9H2,1-2H3;2*1H. The number of piperidine rings is 1. The fourth-order valence-electron chi connectivity index (χ4n) is 1.66. The van der Waals surface area contributed by atoms with Crippen molar-refractivity contribution >= 4 is 24.8 Å². The summed E-state index contributed by atoms with van der Waals surface area (Å²) >= 11 is 0. The van der Waals surface area contributed by atoms with Gasteiger partial charge in [-0.3, -0.25) is 0 Å². The Hall–Kier alpha value is 0.500. The summed E-state index contributed by atoms with van der Waals surface area (Å²) in [4.78, 5) is 2.37. The van der Waals surface area contributed by atoms with Gasteiger partial charge in [-0.25, -0.2) is 0 Å². The largest absolute Gasteiger partial charge is 0.327 e. The Morgan fingerprint density at radius 3 is 2.42 bits per heavy atom. The third-order valence-electron chi connectivity index (χ3n) is 2.52. The highest BCUT2D eigenvalue weighted by Crippen LogP contribution is 2.16. The Kier molecular flexibility index (Phi) is 8.69. The van der Waals surface area contributed by atoms with Crippen molar-refractivity contribution in [3.05, 3.63) is 0 Å². The van der Waals surface area contributed by atoms with Gasteiger partial charge in [-0.15, -0.1) is 24.8 Å². The molecule has 0 saturated carbocycles. The fourth-order valence-corrected chi connectivity index (χ4v) is 1.66. The van der Waals surface area contributed by atoms with Gasteiger partial charge in [0.05, 0.1) is 0 Å². The molecule has 1 rings (SSSR count). The first-order valence-corrected chi connectivity index (χ1v) is 4.18. The Bertz CT molecular complexity index is 111. The van der Waals surface area contributed by atoms with Gasteiger partial charge < -0.3 is 10.6 Å². The van der Waals surface area contributed by atoms with E-state index in [1.165, 1.54) is 25.9 Å². The first kappa shape index (κ1) is 15.0. The number of hydrogen-bond acceptors (Lipinski definition) is 2. The smallest absolute Gasteiger partial charge is 0.00914 e. The summed E-state index contributed by atoms with van der Waals surface area (Å²) in [6, 6.07) is 0.459. The minimum absolute atomic E-state index is 0. The van der Waals surface area contributed by atoms with Crippen LogP contribution in [0, 0.1) is 5.92 Å². The van der Waals surface area contributed by atoms with Crippen LogP contribution < -0.4 is 5.73 Å². The normalized spacial score (nSPS) is 30.2. The van der Waals surface area contributed by atoms with E-state index in [9.17, 15) is 0 Å². The molecule has 0 aromatic carbocycles. The topological polar surface area (TPSA) is 29.3 Å². The molecule has 12 heavy (non-hydrogen) atoms. The summed E-state index contributed by atoms with van der Waals surface area (Å²) in [5, 5.41) is 0. The van der Waals surface area contributed by atoms with Crippen molar-refractivity contribution in [2.45, 2.75) is 25.8 Å². The molecule has 0 amide bonds. The van der Waals surface area contributed by atoms with Crippen molar-refractivity contribution < 1.29 is 0 Å². The van der Waals surface area contributed by atoms with Crippen LogP contribution >= 0.6 is 24.8 Å². The minimum Gasteiger partial charge on any atom is -0.327 e. The molecule has 1 saturated heterocycles. The summed E-state index contributed by atoms with van der Waals surface area (Å²) in [6.45, 7) is 4.60. The van der Waals surface area contributed by atoms with Gasteiger partial charge in [0.25, 0.3) is 0 Å². The second-order valence-corrected chi connectivity index (χ2v) is 3.38. The molecule has 2 N–H and O–H groups in total. The van der Waals surface area contributed by atoms with Crippen LogP contribution in [0.1, 0.15) is 19.8 Å². The lowest BCUT2D eigenvalue weighted by Gasteiger charge is -2.33. The van der Waals surface area contributed by atoms with Gasteiger partial charge in [0.1, 0.15) is 0 Å². The molecule has 1 heterocycles. The van der Waals surface area contributed by atoms with Crippen LogP contribution in [0.25, 0.3) is 0 Å². The van der Waals surface area contributed by atoms with E-state index in [2.05, 4.69) is 18.9 Å². The molecular weight excluding hydrogens is 195 g/mol. The zero-order valence-corrected chi connectivity index (χ0v) is 9.46. The van der Waals surface area contributed by atoms with E-state index in [1.807, 2.05) is 0 Å². The second kappa shape index (κ2) is 6.96. The number of nitrogens with zero attached hydrogens (tertiary/aromatic N) is 1. The highest BCUT2D eigenvalue weighted by atomic mass is 35.5. The second-order valence-electron chi connectivity index (χ2n) is 3.38. The van der Waals surface area contributed by atoms with E-state index in [0.717, 1.165) is 5.92 Å². The van der Waals surface area contributed by atoms with E-state index in [0.29, 0.717) is 6.04 Å². The average molecular weight is 215 g/mol. The van der Waals surface area contributed by atoms with Crippen molar-refractivity contribution in [1.29, 1.82) is 0 Å². The van der Waals surface area contributed by atoms with Gasteiger partial charge in [-0.1, -0.05) is 13.3 Å². The summed E-state index contributed by atoms with van der Waals surface area (Å²) < 4.78 is 0. The molecule has 0 aromatic heterocycles. The third kappa shape index (κ3) is 3.94. The zero-order chi connectivity index (χ0) is 7.56. The third-order valence-corrected chi connectivity index (χ3v) is 2.52. The Morgan fingerprint density at radius 2 is 2.00 bits per heavy atom. The number of rotatable bonds is 1. The van der Waals surface area contributed by atoms with Crippen LogP contribution in [0.4, 0.5) is 0 Å². The molecule has 0 spiro atoms. The van der Waals surface area contributed by atoms with Gasteiger partial charge in [-0.05, 0) is 25.9 Å². The van der Waals surface area contributed by atoms with Gasteiger partial charge >= 0.3 is 0 Å². The summed E-state index contributed by atoms with van der Waals surface area (Å²) in [6.07, 6.45) is 2.40. The summed E-state index contributed by atoms with van der Waals surface area (Å²) in [7, 11) is 2.18. The molecule has 2 atom stereocenters. The maximum Gasteiger partial charge on any atom is 0.00914 e. The number of likely N-dealkylation sites (tertiary alicyclic amines) is 1. The predicted octanol–water partition coefficient (Wildman–Crippen LogP) is 1.52. The highest BCUT2D eigenvalue weighted by Gasteiger charge is 2.22. The van der Waals surface area contributed by atoms with E-state index >= 15 is 0 Å². The minimum atomic E-state index is 0. The molecule has 0 radical (unpaired) electrons. The Morgan fingerprint density at radius 1 is 1.42 bits per heavy atom. The molecular formula is C8H20Cl2N2. The Labute approximate surface area is 87.7 Å². The average Bonchev–Trinajstić information content (AvgIpc) is 1.94. The van der Waals surface area contributed by atoms with Crippen LogP contribution in [-0.4, -0.2) is 31.1 Å². The Balaban J connectivity index is 0. The molecule has 1 fully saturated rings. The van der Waals surface area contributed by atoms with Crippen LogP contribution in [0.15, 0.2) is 0 Å². The fraction of sp³-hybridized carbons (Fsp3) is 1.00. The highest BCUT2D eigenvalue weighted by molar-refractivity contribution is 5.85. The van der Waals surface area contributed by atoms with Gasteiger partial charge in [0, 0.05) is 12.6 Å². The summed E-state index contributed by atoms with van der Waals surface area (Å²) in [5.74, 6) is 0.735. The maximum atomic E-state index is 5.93. The van der Waals surface area contributed by atoms with Gasteiger partial charge in [-0.2, -0.15) is 0 Å². The molecule has 1 aliphatic heterocycles.